The van der Waals surface area contributed by atoms with Crippen LogP contribution in [0.4, 0.5) is 9.59 Å². The molecule has 0 radical (unpaired) electrons. The summed E-state index contributed by atoms with van der Waals surface area (Å²) in [6.07, 6.45) is -0.626. The molecule has 142 valence electrons. The average molecular weight is 361 g/mol. The first-order valence-electron chi connectivity index (χ1n) is 8.95. The van der Waals surface area contributed by atoms with Gasteiger partial charge in [0.15, 0.2) is 0 Å². The quantitative estimate of drug-likeness (QED) is 0.875. The molecule has 7 nitrogen and oxygen atoms in total. The van der Waals surface area contributed by atoms with E-state index in [0.29, 0.717) is 32.7 Å². The summed E-state index contributed by atoms with van der Waals surface area (Å²) in [5, 5.41) is 3.44. The van der Waals surface area contributed by atoms with Crippen molar-refractivity contribution < 1.29 is 19.1 Å². The molecule has 1 spiro atoms. The number of hydrogen-bond donors (Lipinski definition) is 1. The van der Waals surface area contributed by atoms with Gasteiger partial charge in [-0.3, -0.25) is 0 Å². The summed E-state index contributed by atoms with van der Waals surface area (Å²) < 4.78 is 10.8. The van der Waals surface area contributed by atoms with Gasteiger partial charge in [-0.15, -0.1) is 0 Å². The minimum Gasteiger partial charge on any atom is -0.445 e. The van der Waals surface area contributed by atoms with E-state index in [0.717, 1.165) is 5.56 Å². The van der Waals surface area contributed by atoms with Crippen LogP contribution >= 0.6 is 0 Å². The van der Waals surface area contributed by atoms with Gasteiger partial charge in [-0.1, -0.05) is 30.3 Å². The Hall–Kier alpha value is -2.28. The van der Waals surface area contributed by atoms with Crippen LogP contribution in [0.25, 0.3) is 0 Å². The van der Waals surface area contributed by atoms with Crippen molar-refractivity contribution in [2.45, 2.75) is 38.5 Å². The Morgan fingerprint density at radius 2 is 1.73 bits per heavy atom. The summed E-state index contributed by atoms with van der Waals surface area (Å²) in [7, 11) is 0. The lowest BCUT2D eigenvalue weighted by molar-refractivity contribution is -0.0249. The van der Waals surface area contributed by atoms with Crippen LogP contribution in [0.1, 0.15) is 26.3 Å². The zero-order valence-corrected chi connectivity index (χ0v) is 15.7. The van der Waals surface area contributed by atoms with Crippen LogP contribution in [0.2, 0.25) is 0 Å². The number of nitrogens with zero attached hydrogens (tertiary/aromatic N) is 2. The topological polar surface area (TPSA) is 71.1 Å². The Morgan fingerprint density at radius 3 is 2.38 bits per heavy atom. The van der Waals surface area contributed by atoms with Gasteiger partial charge in [-0.25, -0.2) is 9.59 Å². The van der Waals surface area contributed by atoms with Crippen LogP contribution in [-0.4, -0.2) is 65.9 Å². The van der Waals surface area contributed by atoms with E-state index < -0.39 is 5.60 Å². The molecule has 0 aromatic heterocycles. The number of benzene rings is 1. The van der Waals surface area contributed by atoms with Crippen LogP contribution in [0.15, 0.2) is 30.3 Å². The molecular weight excluding hydrogens is 334 g/mol. The maximum Gasteiger partial charge on any atom is 0.410 e. The molecule has 1 N–H and O–H groups in total. The molecule has 2 aliphatic rings. The van der Waals surface area contributed by atoms with Crippen LogP contribution in [-0.2, 0) is 16.1 Å². The number of rotatable bonds is 2. The van der Waals surface area contributed by atoms with Gasteiger partial charge < -0.3 is 24.6 Å². The fourth-order valence-electron chi connectivity index (χ4n) is 3.27. The maximum absolute atomic E-state index is 12.3. The molecule has 2 aliphatic heterocycles. The first-order chi connectivity index (χ1) is 12.3. The first-order valence-corrected chi connectivity index (χ1v) is 8.95. The molecule has 0 atom stereocenters. The molecule has 7 heteroatoms. The summed E-state index contributed by atoms with van der Waals surface area (Å²) in [5.74, 6) is 0. The zero-order chi connectivity index (χ0) is 18.8. The molecule has 0 bridgehead atoms. The van der Waals surface area contributed by atoms with E-state index in [-0.39, 0.29) is 24.3 Å². The van der Waals surface area contributed by atoms with Gasteiger partial charge in [0.05, 0.1) is 5.54 Å². The summed E-state index contributed by atoms with van der Waals surface area (Å²) in [5.41, 5.74) is 0.186. The third-order valence-corrected chi connectivity index (χ3v) is 4.48. The van der Waals surface area contributed by atoms with E-state index in [2.05, 4.69) is 5.32 Å². The van der Waals surface area contributed by atoms with Crippen molar-refractivity contribution in [1.82, 2.24) is 15.1 Å². The lowest BCUT2D eigenvalue weighted by Gasteiger charge is -2.54. The molecule has 2 saturated heterocycles. The number of carbonyl (C=O) groups is 2. The van der Waals surface area contributed by atoms with E-state index in [1.54, 1.807) is 9.80 Å². The molecule has 26 heavy (non-hydrogen) atoms. The van der Waals surface area contributed by atoms with Crippen molar-refractivity contribution in [3.8, 4) is 0 Å². The third kappa shape index (κ3) is 4.46. The number of nitrogens with one attached hydrogen (secondary N) is 1. The Kier molecular flexibility index (Phi) is 5.09. The van der Waals surface area contributed by atoms with E-state index >= 15 is 0 Å². The van der Waals surface area contributed by atoms with Gasteiger partial charge in [-0.05, 0) is 26.3 Å². The SMILES string of the molecule is CC(C)(C)OC(=O)N1CCNC2(CN(C(=O)OCc3ccccc3)C2)C1. The molecule has 3 rings (SSSR count). The highest BCUT2D eigenvalue weighted by atomic mass is 16.6. The highest BCUT2D eigenvalue weighted by Crippen LogP contribution is 2.26. The lowest BCUT2D eigenvalue weighted by Crippen LogP contribution is -2.77. The normalized spacial score (nSPS) is 19.0. The Balaban J connectivity index is 1.48. The maximum atomic E-state index is 12.3. The largest absolute Gasteiger partial charge is 0.445 e. The molecule has 0 aliphatic carbocycles. The second kappa shape index (κ2) is 7.15. The van der Waals surface area contributed by atoms with Gasteiger partial charge in [0, 0.05) is 32.7 Å². The smallest absolute Gasteiger partial charge is 0.410 e. The zero-order valence-electron chi connectivity index (χ0n) is 15.7. The van der Waals surface area contributed by atoms with Crippen molar-refractivity contribution in [3.63, 3.8) is 0 Å². The van der Waals surface area contributed by atoms with Crippen LogP contribution in [0, 0.1) is 0 Å². The van der Waals surface area contributed by atoms with Gasteiger partial charge in [0.2, 0.25) is 0 Å². The third-order valence-electron chi connectivity index (χ3n) is 4.48. The Morgan fingerprint density at radius 1 is 1.08 bits per heavy atom. The summed E-state index contributed by atoms with van der Waals surface area (Å²) in [6.45, 7) is 8.72. The standard InChI is InChI=1S/C19H27N3O4/c1-18(2,3)26-17(24)21-10-9-20-19(12-21)13-22(14-19)16(23)25-11-15-7-5-4-6-8-15/h4-8,20H,9-14H2,1-3H3. The van der Waals surface area contributed by atoms with Crippen molar-refractivity contribution >= 4 is 12.2 Å². The van der Waals surface area contributed by atoms with Gasteiger partial charge in [0.25, 0.3) is 0 Å². The molecule has 1 aromatic rings. The summed E-state index contributed by atoms with van der Waals surface area (Å²) in [6, 6.07) is 9.60. The number of piperazine rings is 1. The number of ether oxygens (including phenoxy) is 2. The van der Waals surface area contributed by atoms with Crippen LogP contribution in [0.5, 0.6) is 0 Å². The summed E-state index contributed by atoms with van der Waals surface area (Å²) in [4.78, 5) is 27.9. The second-order valence-electron chi connectivity index (χ2n) is 8.01. The molecule has 0 saturated carbocycles. The van der Waals surface area contributed by atoms with Crippen molar-refractivity contribution in [2.75, 3.05) is 32.7 Å². The van der Waals surface area contributed by atoms with Crippen LogP contribution < -0.4 is 5.32 Å². The highest BCUT2D eigenvalue weighted by molar-refractivity contribution is 5.71. The molecule has 1 aromatic carbocycles. The van der Waals surface area contributed by atoms with Gasteiger partial charge >= 0.3 is 12.2 Å². The summed E-state index contributed by atoms with van der Waals surface area (Å²) >= 11 is 0. The molecular formula is C19H27N3O4. The Bertz CT molecular complexity index is 650. The number of likely N-dealkylation sites (tertiary alicyclic amines) is 1. The minimum absolute atomic E-state index is 0.263. The molecule has 2 heterocycles. The predicted octanol–water partition coefficient (Wildman–Crippen LogP) is 2.22. The number of carbonyl (C=O) groups excluding carboxylic acids is 2. The second-order valence-corrected chi connectivity index (χ2v) is 8.01. The predicted molar refractivity (Wildman–Crippen MR) is 96.7 cm³/mol. The lowest BCUT2D eigenvalue weighted by atomic mass is 9.88. The van der Waals surface area contributed by atoms with Crippen molar-refractivity contribution in [2.24, 2.45) is 0 Å². The number of hydrogen-bond acceptors (Lipinski definition) is 5. The van der Waals surface area contributed by atoms with E-state index in [1.165, 1.54) is 0 Å². The number of amides is 2. The van der Waals surface area contributed by atoms with Gasteiger partial charge in [0.1, 0.15) is 12.2 Å². The fourth-order valence-corrected chi connectivity index (χ4v) is 3.27. The molecule has 0 unspecified atom stereocenters. The highest BCUT2D eigenvalue weighted by Gasteiger charge is 2.49. The fraction of sp³-hybridized carbons (Fsp3) is 0.579. The molecule has 2 fully saturated rings. The average Bonchev–Trinajstić information content (AvgIpc) is 2.57. The first kappa shape index (κ1) is 18.5. The minimum atomic E-state index is -0.512. The van der Waals surface area contributed by atoms with E-state index in [1.807, 2.05) is 51.1 Å². The van der Waals surface area contributed by atoms with Crippen LogP contribution in [0.3, 0.4) is 0 Å². The monoisotopic (exact) mass is 361 g/mol. The van der Waals surface area contributed by atoms with Crippen molar-refractivity contribution in [1.29, 1.82) is 0 Å². The van der Waals surface area contributed by atoms with Gasteiger partial charge in [-0.2, -0.15) is 0 Å². The molecule has 2 amide bonds. The Labute approximate surface area is 154 Å². The van der Waals surface area contributed by atoms with E-state index in [4.69, 9.17) is 9.47 Å². The van der Waals surface area contributed by atoms with Crippen molar-refractivity contribution in [3.05, 3.63) is 35.9 Å². The van der Waals surface area contributed by atoms with E-state index in [9.17, 15) is 9.59 Å².